The number of hydrogen-bond donors (Lipinski definition) is 3. The Bertz CT molecular complexity index is 798. The van der Waals surface area contributed by atoms with E-state index in [0.29, 0.717) is 5.82 Å². The molecule has 3 rings (SSSR count). The smallest absolute Gasteiger partial charge is 0.258 e. The summed E-state index contributed by atoms with van der Waals surface area (Å²) in [6.45, 7) is 0. The molecule has 0 atom stereocenters. The standard InChI is InChI=1S/C14H10ClN3O2/c15-11-6-5-8(19)7-10(11)14(20)16-13-9-3-1-2-4-12(9)17-18-13/h1-7,19H,(H2,16,17,18,20). The minimum absolute atomic E-state index is 0.0218. The molecule has 0 saturated heterocycles. The number of aromatic nitrogens is 2. The highest BCUT2D eigenvalue weighted by Gasteiger charge is 2.14. The van der Waals surface area contributed by atoms with E-state index >= 15 is 0 Å². The predicted molar refractivity (Wildman–Crippen MR) is 77.2 cm³/mol. The quantitative estimate of drug-likeness (QED) is 0.677. The fourth-order valence-electron chi connectivity index (χ4n) is 1.92. The molecule has 0 fully saturated rings. The number of nitrogens with zero attached hydrogens (tertiary/aromatic N) is 1. The van der Waals surface area contributed by atoms with Gasteiger partial charge >= 0.3 is 0 Å². The number of anilines is 1. The van der Waals surface area contributed by atoms with Crippen molar-refractivity contribution >= 4 is 34.2 Å². The van der Waals surface area contributed by atoms with Crippen LogP contribution in [0.3, 0.4) is 0 Å². The van der Waals surface area contributed by atoms with Crippen molar-refractivity contribution in [2.45, 2.75) is 0 Å². The van der Waals surface area contributed by atoms with Crippen LogP contribution >= 0.6 is 11.6 Å². The first-order valence-corrected chi connectivity index (χ1v) is 6.26. The van der Waals surface area contributed by atoms with E-state index in [1.807, 2.05) is 24.3 Å². The molecule has 0 saturated carbocycles. The van der Waals surface area contributed by atoms with Crippen molar-refractivity contribution in [3.63, 3.8) is 0 Å². The summed E-state index contributed by atoms with van der Waals surface area (Å²) in [4.78, 5) is 12.2. The molecule has 100 valence electrons. The third kappa shape index (κ3) is 2.19. The molecular weight excluding hydrogens is 278 g/mol. The Morgan fingerprint density at radius 1 is 1.25 bits per heavy atom. The van der Waals surface area contributed by atoms with Gasteiger partial charge in [0, 0.05) is 5.39 Å². The predicted octanol–water partition coefficient (Wildman–Crippen LogP) is 3.17. The topological polar surface area (TPSA) is 78.0 Å². The molecule has 0 unspecified atom stereocenters. The molecule has 1 amide bonds. The monoisotopic (exact) mass is 287 g/mol. The fourth-order valence-corrected chi connectivity index (χ4v) is 2.12. The number of nitrogens with one attached hydrogen (secondary N) is 2. The molecule has 20 heavy (non-hydrogen) atoms. The van der Waals surface area contributed by atoms with Gasteiger partial charge in [-0.2, -0.15) is 5.10 Å². The van der Waals surface area contributed by atoms with Crippen molar-refractivity contribution < 1.29 is 9.90 Å². The summed E-state index contributed by atoms with van der Waals surface area (Å²) in [5, 5.41) is 20.0. The minimum atomic E-state index is -0.428. The highest BCUT2D eigenvalue weighted by molar-refractivity contribution is 6.34. The number of H-pyrrole nitrogens is 1. The van der Waals surface area contributed by atoms with Gasteiger partial charge in [-0.05, 0) is 30.3 Å². The van der Waals surface area contributed by atoms with E-state index < -0.39 is 5.91 Å². The second-order valence-electron chi connectivity index (χ2n) is 4.24. The maximum atomic E-state index is 12.2. The number of carbonyl (C=O) groups excluding carboxylic acids is 1. The lowest BCUT2D eigenvalue weighted by Gasteiger charge is -2.05. The van der Waals surface area contributed by atoms with Crippen molar-refractivity contribution in [3.8, 4) is 5.75 Å². The van der Waals surface area contributed by atoms with Gasteiger partial charge in [0.15, 0.2) is 5.82 Å². The van der Waals surface area contributed by atoms with Crippen LogP contribution in [-0.4, -0.2) is 21.2 Å². The number of halogens is 1. The Kier molecular flexibility index (Phi) is 3.04. The van der Waals surface area contributed by atoms with Crippen LogP contribution in [0.5, 0.6) is 5.75 Å². The van der Waals surface area contributed by atoms with Crippen molar-refractivity contribution in [1.82, 2.24) is 10.2 Å². The van der Waals surface area contributed by atoms with E-state index in [1.165, 1.54) is 18.2 Å². The van der Waals surface area contributed by atoms with E-state index in [9.17, 15) is 9.90 Å². The van der Waals surface area contributed by atoms with Crippen molar-refractivity contribution in [2.75, 3.05) is 5.32 Å². The number of carbonyl (C=O) groups is 1. The zero-order valence-corrected chi connectivity index (χ0v) is 11.0. The Morgan fingerprint density at radius 3 is 2.90 bits per heavy atom. The fraction of sp³-hybridized carbons (Fsp3) is 0. The lowest BCUT2D eigenvalue weighted by Crippen LogP contribution is -2.12. The van der Waals surface area contributed by atoms with Gasteiger partial charge in [-0.25, -0.2) is 0 Å². The van der Waals surface area contributed by atoms with Crippen molar-refractivity contribution in [3.05, 3.63) is 53.1 Å². The molecule has 1 heterocycles. The number of aromatic hydroxyl groups is 1. The zero-order valence-electron chi connectivity index (χ0n) is 10.2. The highest BCUT2D eigenvalue weighted by atomic mass is 35.5. The van der Waals surface area contributed by atoms with Gasteiger partial charge in [0.1, 0.15) is 5.75 Å². The molecule has 3 N–H and O–H groups in total. The third-order valence-corrected chi connectivity index (χ3v) is 3.23. The number of rotatable bonds is 2. The first-order valence-electron chi connectivity index (χ1n) is 5.88. The molecule has 1 aromatic heterocycles. The molecule has 0 radical (unpaired) electrons. The Balaban J connectivity index is 1.94. The normalized spacial score (nSPS) is 10.7. The van der Waals surface area contributed by atoms with E-state index in [-0.39, 0.29) is 16.3 Å². The second-order valence-corrected chi connectivity index (χ2v) is 4.64. The highest BCUT2D eigenvalue weighted by Crippen LogP contribution is 2.24. The van der Waals surface area contributed by atoms with Gasteiger partial charge in [-0.15, -0.1) is 0 Å². The number of para-hydroxylation sites is 1. The van der Waals surface area contributed by atoms with Crippen molar-refractivity contribution in [2.24, 2.45) is 0 Å². The molecule has 6 heteroatoms. The van der Waals surface area contributed by atoms with E-state index in [0.717, 1.165) is 10.9 Å². The summed E-state index contributed by atoms with van der Waals surface area (Å²) in [6.07, 6.45) is 0. The number of benzene rings is 2. The van der Waals surface area contributed by atoms with Gasteiger partial charge < -0.3 is 10.4 Å². The third-order valence-electron chi connectivity index (χ3n) is 2.90. The summed E-state index contributed by atoms with van der Waals surface area (Å²) in [7, 11) is 0. The van der Waals surface area contributed by atoms with Gasteiger partial charge in [0.2, 0.25) is 0 Å². The minimum Gasteiger partial charge on any atom is -0.508 e. The van der Waals surface area contributed by atoms with Gasteiger partial charge in [0.25, 0.3) is 5.91 Å². The SMILES string of the molecule is O=C(Nc1n[nH]c2ccccc12)c1cc(O)ccc1Cl. The van der Waals surface area contributed by atoms with Gasteiger partial charge in [-0.1, -0.05) is 23.7 Å². The Labute approximate surface area is 119 Å². The van der Waals surface area contributed by atoms with Crippen LogP contribution < -0.4 is 5.32 Å². The van der Waals surface area contributed by atoms with E-state index in [4.69, 9.17) is 11.6 Å². The van der Waals surface area contributed by atoms with E-state index in [1.54, 1.807) is 0 Å². The number of fused-ring (bicyclic) bond motifs is 1. The number of hydrogen-bond acceptors (Lipinski definition) is 3. The Hall–Kier alpha value is -2.53. The molecular formula is C14H10ClN3O2. The van der Waals surface area contributed by atoms with E-state index in [2.05, 4.69) is 15.5 Å². The van der Waals surface area contributed by atoms with Crippen molar-refractivity contribution in [1.29, 1.82) is 0 Å². The second kappa shape index (κ2) is 4.86. The summed E-state index contributed by atoms with van der Waals surface area (Å²) >= 11 is 5.95. The maximum Gasteiger partial charge on any atom is 0.258 e. The first-order chi connectivity index (χ1) is 9.65. The molecule has 2 aromatic carbocycles. The van der Waals surface area contributed by atoms with Crippen LogP contribution in [0.15, 0.2) is 42.5 Å². The average Bonchev–Trinajstić information content (AvgIpc) is 2.85. The van der Waals surface area contributed by atoms with Crippen LogP contribution in [-0.2, 0) is 0 Å². The lowest BCUT2D eigenvalue weighted by atomic mass is 10.2. The van der Waals surface area contributed by atoms with Gasteiger partial charge in [0.05, 0.1) is 16.1 Å². The van der Waals surface area contributed by atoms with Crippen LogP contribution in [0.2, 0.25) is 5.02 Å². The number of phenolic OH excluding ortho intramolecular Hbond substituents is 1. The van der Waals surface area contributed by atoms with Crippen LogP contribution in [0.25, 0.3) is 10.9 Å². The summed E-state index contributed by atoms with van der Waals surface area (Å²) in [6, 6.07) is 11.6. The Morgan fingerprint density at radius 2 is 2.05 bits per heavy atom. The first kappa shape index (κ1) is 12.5. The number of aromatic amines is 1. The molecule has 0 aliphatic heterocycles. The van der Waals surface area contributed by atoms with Crippen LogP contribution in [0.4, 0.5) is 5.82 Å². The summed E-state index contributed by atoms with van der Waals surface area (Å²) in [5.41, 5.74) is 1.02. The average molecular weight is 288 g/mol. The largest absolute Gasteiger partial charge is 0.508 e. The molecule has 3 aromatic rings. The summed E-state index contributed by atoms with van der Waals surface area (Å²) < 4.78 is 0. The molecule has 0 bridgehead atoms. The summed E-state index contributed by atoms with van der Waals surface area (Å²) in [5.74, 6) is -0.0281. The number of amides is 1. The lowest BCUT2D eigenvalue weighted by molar-refractivity contribution is 0.102. The number of phenols is 1. The maximum absolute atomic E-state index is 12.2. The molecule has 0 spiro atoms. The van der Waals surface area contributed by atoms with Crippen LogP contribution in [0, 0.1) is 0 Å². The zero-order chi connectivity index (χ0) is 14.1. The van der Waals surface area contributed by atoms with Gasteiger partial charge in [-0.3, -0.25) is 9.89 Å². The molecule has 0 aliphatic rings. The van der Waals surface area contributed by atoms with Crippen LogP contribution in [0.1, 0.15) is 10.4 Å². The molecule has 5 nitrogen and oxygen atoms in total. The molecule has 0 aliphatic carbocycles.